The molecule has 0 amide bonds. The van der Waals surface area contributed by atoms with Crippen LogP contribution < -0.4 is 4.74 Å². The molecule has 0 aliphatic heterocycles. The van der Waals surface area contributed by atoms with Gasteiger partial charge in [-0.05, 0) is 57.9 Å². The van der Waals surface area contributed by atoms with Crippen LogP contribution in [0.5, 0.6) is 5.75 Å². The van der Waals surface area contributed by atoms with Crippen molar-refractivity contribution >= 4 is 33.5 Å². The van der Waals surface area contributed by atoms with E-state index in [0.717, 1.165) is 21.5 Å². The molecule has 0 bridgehead atoms. The first-order chi connectivity index (χ1) is 12.6. The number of fused-ring (bicyclic) bond motifs is 2. The maximum atomic E-state index is 12.5. The lowest BCUT2D eigenvalue weighted by Gasteiger charge is -2.07. The second-order valence-corrected chi connectivity index (χ2v) is 5.98. The van der Waals surface area contributed by atoms with Crippen LogP contribution in [0.1, 0.15) is 20.7 Å². The van der Waals surface area contributed by atoms with Crippen LogP contribution in [0.25, 0.3) is 21.5 Å². The van der Waals surface area contributed by atoms with Gasteiger partial charge >= 0.3 is 11.9 Å². The molecule has 0 unspecified atom stereocenters. The molecule has 126 valence electrons. The zero-order valence-electron chi connectivity index (χ0n) is 13.7. The third-order valence-electron chi connectivity index (χ3n) is 4.25. The molecule has 26 heavy (non-hydrogen) atoms. The van der Waals surface area contributed by atoms with Crippen molar-refractivity contribution in [3.8, 4) is 5.75 Å². The maximum absolute atomic E-state index is 12.5. The van der Waals surface area contributed by atoms with Crippen LogP contribution in [0.3, 0.4) is 0 Å². The van der Waals surface area contributed by atoms with Gasteiger partial charge in [-0.3, -0.25) is 0 Å². The van der Waals surface area contributed by atoms with E-state index in [1.165, 1.54) is 6.07 Å². The number of ether oxygens (including phenoxy) is 1. The third-order valence-corrected chi connectivity index (χ3v) is 4.25. The SMILES string of the molecule is O=C(O)c1ccc2cc(C(=O)Oc3ccc4ccccc4c3)ccc2c1. The highest BCUT2D eigenvalue weighted by atomic mass is 16.5. The summed E-state index contributed by atoms with van der Waals surface area (Å²) in [7, 11) is 0. The van der Waals surface area contributed by atoms with Crippen LogP contribution in [-0.4, -0.2) is 17.0 Å². The van der Waals surface area contributed by atoms with Gasteiger partial charge in [0.15, 0.2) is 0 Å². The van der Waals surface area contributed by atoms with Gasteiger partial charge in [0.05, 0.1) is 11.1 Å². The average molecular weight is 342 g/mol. The van der Waals surface area contributed by atoms with Gasteiger partial charge in [0.1, 0.15) is 5.75 Å². The molecule has 4 heteroatoms. The Balaban J connectivity index is 1.62. The van der Waals surface area contributed by atoms with E-state index >= 15 is 0 Å². The minimum absolute atomic E-state index is 0.212. The second kappa shape index (κ2) is 6.33. The number of carbonyl (C=O) groups is 2. The summed E-state index contributed by atoms with van der Waals surface area (Å²) in [6, 6.07) is 23.2. The van der Waals surface area contributed by atoms with E-state index < -0.39 is 11.9 Å². The monoisotopic (exact) mass is 342 g/mol. The van der Waals surface area contributed by atoms with Crippen molar-refractivity contribution < 1.29 is 19.4 Å². The molecule has 4 rings (SSSR count). The molecular formula is C22H14O4. The van der Waals surface area contributed by atoms with Crippen LogP contribution in [0.15, 0.2) is 78.9 Å². The predicted octanol–water partition coefficient (Wildman–Crippen LogP) is 4.91. The summed E-state index contributed by atoms with van der Waals surface area (Å²) in [5.41, 5.74) is 0.623. The van der Waals surface area contributed by atoms with Gasteiger partial charge < -0.3 is 9.84 Å². The first kappa shape index (κ1) is 15.8. The van der Waals surface area contributed by atoms with Crippen LogP contribution >= 0.6 is 0 Å². The highest BCUT2D eigenvalue weighted by molar-refractivity contribution is 5.99. The number of carboxylic acid groups (broad SMARTS) is 1. The van der Waals surface area contributed by atoms with Gasteiger partial charge in [-0.1, -0.05) is 42.5 Å². The van der Waals surface area contributed by atoms with E-state index in [2.05, 4.69) is 0 Å². The zero-order chi connectivity index (χ0) is 18.1. The highest BCUT2D eigenvalue weighted by Gasteiger charge is 2.11. The molecule has 1 N–H and O–H groups in total. The van der Waals surface area contributed by atoms with Crippen molar-refractivity contribution in [3.63, 3.8) is 0 Å². The lowest BCUT2D eigenvalue weighted by Crippen LogP contribution is -2.08. The minimum Gasteiger partial charge on any atom is -0.478 e. The normalized spacial score (nSPS) is 10.8. The van der Waals surface area contributed by atoms with Gasteiger partial charge in [-0.15, -0.1) is 0 Å². The summed E-state index contributed by atoms with van der Waals surface area (Å²) in [4.78, 5) is 23.5. The van der Waals surface area contributed by atoms with E-state index in [1.807, 2.05) is 36.4 Å². The van der Waals surface area contributed by atoms with Crippen molar-refractivity contribution in [3.05, 3.63) is 90.0 Å². The number of aromatic carboxylic acids is 1. The number of hydrogen-bond donors (Lipinski definition) is 1. The Morgan fingerprint density at radius 3 is 1.96 bits per heavy atom. The quantitative estimate of drug-likeness (QED) is 0.424. The molecule has 0 fully saturated rings. The molecule has 0 heterocycles. The molecule has 4 nitrogen and oxygen atoms in total. The van der Waals surface area contributed by atoms with Crippen LogP contribution in [-0.2, 0) is 0 Å². The molecule has 0 radical (unpaired) electrons. The van der Waals surface area contributed by atoms with Crippen molar-refractivity contribution in [2.75, 3.05) is 0 Å². The summed E-state index contributed by atoms with van der Waals surface area (Å²) in [5, 5.41) is 12.7. The Labute approximate surface area is 149 Å². The largest absolute Gasteiger partial charge is 0.478 e. The van der Waals surface area contributed by atoms with Crippen LogP contribution in [0.4, 0.5) is 0 Å². The molecule has 0 aromatic heterocycles. The first-order valence-electron chi connectivity index (χ1n) is 8.08. The fourth-order valence-corrected chi connectivity index (χ4v) is 2.90. The Morgan fingerprint density at radius 1 is 0.654 bits per heavy atom. The van der Waals surface area contributed by atoms with Crippen molar-refractivity contribution in [1.82, 2.24) is 0 Å². The average Bonchev–Trinajstić information content (AvgIpc) is 2.67. The number of esters is 1. The molecule has 0 aliphatic rings. The molecule has 4 aromatic rings. The lowest BCUT2D eigenvalue weighted by molar-refractivity contribution is 0.0694. The summed E-state index contributed by atoms with van der Waals surface area (Å²) in [6.45, 7) is 0. The van der Waals surface area contributed by atoms with E-state index in [0.29, 0.717) is 11.3 Å². The van der Waals surface area contributed by atoms with Crippen LogP contribution in [0, 0.1) is 0 Å². The standard InChI is InChI=1S/C22H14O4/c23-21(24)18-7-5-17-12-19(8-6-16(17)11-18)22(25)26-20-10-9-14-3-1-2-4-15(14)13-20/h1-13H,(H,23,24). The first-order valence-corrected chi connectivity index (χ1v) is 8.08. The van der Waals surface area contributed by atoms with E-state index in [9.17, 15) is 9.59 Å². The zero-order valence-corrected chi connectivity index (χ0v) is 13.7. The minimum atomic E-state index is -0.980. The Bertz CT molecular complexity index is 1160. The van der Waals surface area contributed by atoms with Crippen LogP contribution in [0.2, 0.25) is 0 Å². The van der Waals surface area contributed by atoms with E-state index in [4.69, 9.17) is 9.84 Å². The molecular weight excluding hydrogens is 328 g/mol. The van der Waals surface area contributed by atoms with Gasteiger partial charge in [-0.25, -0.2) is 9.59 Å². The van der Waals surface area contributed by atoms with E-state index in [1.54, 1.807) is 36.4 Å². The van der Waals surface area contributed by atoms with Crippen molar-refractivity contribution in [2.45, 2.75) is 0 Å². The highest BCUT2D eigenvalue weighted by Crippen LogP contribution is 2.23. The number of carbonyl (C=O) groups excluding carboxylic acids is 1. The molecule has 0 aliphatic carbocycles. The summed E-state index contributed by atoms with van der Waals surface area (Å²) in [6.07, 6.45) is 0. The Morgan fingerprint density at radius 2 is 1.23 bits per heavy atom. The molecule has 4 aromatic carbocycles. The molecule has 0 atom stereocenters. The fraction of sp³-hybridized carbons (Fsp3) is 0. The van der Waals surface area contributed by atoms with E-state index in [-0.39, 0.29) is 5.56 Å². The molecule has 0 spiro atoms. The molecule has 0 saturated heterocycles. The third kappa shape index (κ3) is 3.00. The number of benzene rings is 4. The lowest BCUT2D eigenvalue weighted by atomic mass is 10.0. The van der Waals surface area contributed by atoms with Gasteiger partial charge in [0.25, 0.3) is 0 Å². The smallest absolute Gasteiger partial charge is 0.343 e. The van der Waals surface area contributed by atoms with Gasteiger partial charge in [0.2, 0.25) is 0 Å². The summed E-state index contributed by atoms with van der Waals surface area (Å²) >= 11 is 0. The second-order valence-electron chi connectivity index (χ2n) is 5.98. The van der Waals surface area contributed by atoms with Gasteiger partial charge in [0, 0.05) is 0 Å². The number of rotatable bonds is 3. The van der Waals surface area contributed by atoms with Crippen molar-refractivity contribution in [2.24, 2.45) is 0 Å². The molecule has 0 saturated carbocycles. The maximum Gasteiger partial charge on any atom is 0.343 e. The van der Waals surface area contributed by atoms with Crippen molar-refractivity contribution in [1.29, 1.82) is 0 Å². The Kier molecular flexibility index (Phi) is 3.86. The number of carboxylic acids is 1. The summed E-state index contributed by atoms with van der Waals surface area (Å²) < 4.78 is 5.49. The fourth-order valence-electron chi connectivity index (χ4n) is 2.90. The van der Waals surface area contributed by atoms with Gasteiger partial charge in [-0.2, -0.15) is 0 Å². The Hall–Kier alpha value is -3.66. The topological polar surface area (TPSA) is 63.6 Å². The summed E-state index contributed by atoms with van der Waals surface area (Å²) in [5.74, 6) is -0.953. The predicted molar refractivity (Wildman–Crippen MR) is 99.8 cm³/mol. The number of hydrogen-bond acceptors (Lipinski definition) is 3.